The van der Waals surface area contributed by atoms with E-state index in [4.69, 9.17) is 0 Å². The molecule has 0 saturated carbocycles. The maximum absolute atomic E-state index is 13.0. The van der Waals surface area contributed by atoms with Crippen LogP contribution in [-0.2, 0) is 28.1 Å². The molecule has 4 rings (SSSR count). The minimum absolute atomic E-state index is 0.277. The Kier molecular flexibility index (Phi) is 4.18. The number of urea groups is 1. The van der Waals surface area contributed by atoms with Gasteiger partial charge < -0.3 is 10.6 Å². The summed E-state index contributed by atoms with van der Waals surface area (Å²) in [5.74, 6) is -0.700. The average Bonchev–Trinajstić information content (AvgIpc) is 3.15. The van der Waals surface area contributed by atoms with Crippen molar-refractivity contribution in [1.82, 2.24) is 15.5 Å². The van der Waals surface area contributed by atoms with E-state index in [2.05, 4.69) is 10.6 Å². The van der Waals surface area contributed by atoms with E-state index in [1.165, 1.54) is 0 Å². The molecule has 138 valence electrons. The Labute approximate surface area is 157 Å². The van der Waals surface area contributed by atoms with Gasteiger partial charge in [-0.2, -0.15) is 0 Å². The van der Waals surface area contributed by atoms with Gasteiger partial charge in [-0.1, -0.05) is 48.5 Å². The lowest BCUT2D eigenvalue weighted by Crippen LogP contribution is -2.43. The zero-order valence-electron chi connectivity index (χ0n) is 15.1. The van der Waals surface area contributed by atoms with Crippen LogP contribution in [0.1, 0.15) is 28.7 Å². The van der Waals surface area contributed by atoms with Gasteiger partial charge in [-0.15, -0.1) is 0 Å². The first-order valence-electron chi connectivity index (χ1n) is 9.05. The first-order valence-corrected chi connectivity index (χ1v) is 9.05. The van der Waals surface area contributed by atoms with Crippen LogP contribution in [0.3, 0.4) is 0 Å². The number of aryl methyl sites for hydroxylation is 2. The van der Waals surface area contributed by atoms with Gasteiger partial charge in [0, 0.05) is 6.54 Å². The molecule has 1 heterocycles. The molecule has 1 fully saturated rings. The minimum atomic E-state index is -1.02. The van der Waals surface area contributed by atoms with Gasteiger partial charge in [0.1, 0.15) is 12.1 Å². The van der Waals surface area contributed by atoms with Crippen LogP contribution in [-0.4, -0.2) is 29.3 Å². The number of amides is 4. The minimum Gasteiger partial charge on any atom is -0.350 e. The molecule has 0 radical (unpaired) electrons. The second kappa shape index (κ2) is 6.54. The van der Waals surface area contributed by atoms with E-state index in [1.807, 2.05) is 55.5 Å². The Bertz CT molecular complexity index is 940. The van der Waals surface area contributed by atoms with Gasteiger partial charge in [0.05, 0.1) is 0 Å². The number of carbonyl (C=O) groups is 3. The molecular formula is C21H21N3O3. The molecule has 2 aromatic carbocycles. The Hall–Kier alpha value is -3.15. The predicted octanol–water partition coefficient (Wildman–Crippen LogP) is 2.00. The van der Waals surface area contributed by atoms with E-state index < -0.39 is 11.6 Å². The quantitative estimate of drug-likeness (QED) is 0.816. The second-order valence-electron chi connectivity index (χ2n) is 7.09. The van der Waals surface area contributed by atoms with Crippen LogP contribution in [0.15, 0.2) is 48.5 Å². The highest BCUT2D eigenvalue weighted by atomic mass is 16.2. The van der Waals surface area contributed by atoms with Gasteiger partial charge in [0.25, 0.3) is 5.91 Å². The lowest BCUT2D eigenvalue weighted by Gasteiger charge is -2.22. The van der Waals surface area contributed by atoms with Crippen molar-refractivity contribution in [2.45, 2.75) is 31.8 Å². The molecule has 1 atom stereocenters. The number of nitrogens with zero attached hydrogens (tertiary/aromatic N) is 1. The average molecular weight is 363 g/mol. The van der Waals surface area contributed by atoms with Crippen LogP contribution < -0.4 is 10.6 Å². The van der Waals surface area contributed by atoms with E-state index in [0.717, 1.165) is 33.6 Å². The number of benzene rings is 2. The molecule has 2 aromatic rings. The number of carbonyl (C=O) groups excluding carboxylic acids is 3. The lowest BCUT2D eigenvalue weighted by atomic mass is 9.92. The summed E-state index contributed by atoms with van der Waals surface area (Å²) < 4.78 is 0. The Morgan fingerprint density at radius 1 is 1.15 bits per heavy atom. The van der Waals surface area contributed by atoms with Crippen molar-refractivity contribution >= 4 is 17.8 Å². The van der Waals surface area contributed by atoms with Crippen molar-refractivity contribution in [3.8, 4) is 0 Å². The topological polar surface area (TPSA) is 78.5 Å². The normalized spacial score (nSPS) is 20.7. The Balaban J connectivity index is 1.46. The van der Waals surface area contributed by atoms with Gasteiger partial charge in [-0.3, -0.25) is 14.5 Å². The molecule has 1 aliphatic heterocycles. The van der Waals surface area contributed by atoms with E-state index in [0.29, 0.717) is 13.0 Å². The molecule has 2 N–H and O–H groups in total. The third-order valence-electron chi connectivity index (χ3n) is 5.46. The van der Waals surface area contributed by atoms with E-state index in [1.54, 1.807) is 0 Å². The second-order valence-corrected chi connectivity index (χ2v) is 7.09. The molecule has 1 saturated heterocycles. The van der Waals surface area contributed by atoms with Crippen LogP contribution in [0, 0.1) is 6.92 Å². The smallest absolute Gasteiger partial charge is 0.325 e. The molecular weight excluding hydrogens is 342 g/mol. The highest BCUT2D eigenvalue weighted by Crippen LogP contribution is 2.41. The van der Waals surface area contributed by atoms with Gasteiger partial charge in [0.15, 0.2) is 0 Å². The largest absolute Gasteiger partial charge is 0.350 e. The zero-order chi connectivity index (χ0) is 19.0. The number of fused-ring (bicyclic) bond motifs is 2. The van der Waals surface area contributed by atoms with Crippen molar-refractivity contribution in [2.24, 2.45) is 0 Å². The summed E-state index contributed by atoms with van der Waals surface area (Å²) in [6.45, 7) is 2.06. The summed E-state index contributed by atoms with van der Waals surface area (Å²) in [6, 6.07) is 14.9. The van der Waals surface area contributed by atoms with Crippen LogP contribution >= 0.6 is 0 Å². The number of imide groups is 1. The summed E-state index contributed by atoms with van der Waals surface area (Å²) in [6.07, 6.45) is 1.26. The molecule has 2 aliphatic rings. The summed E-state index contributed by atoms with van der Waals surface area (Å²) >= 11 is 0. The third kappa shape index (κ3) is 2.87. The van der Waals surface area contributed by atoms with Crippen molar-refractivity contribution in [3.05, 3.63) is 70.8 Å². The van der Waals surface area contributed by atoms with Crippen LogP contribution in [0.5, 0.6) is 0 Å². The highest BCUT2D eigenvalue weighted by Gasteiger charge is 2.55. The molecule has 0 bridgehead atoms. The maximum Gasteiger partial charge on any atom is 0.325 e. The predicted molar refractivity (Wildman–Crippen MR) is 99.7 cm³/mol. The number of nitrogens with one attached hydrogen (secondary N) is 2. The third-order valence-corrected chi connectivity index (χ3v) is 5.46. The lowest BCUT2D eigenvalue weighted by molar-refractivity contribution is -0.135. The van der Waals surface area contributed by atoms with Crippen LogP contribution in [0.25, 0.3) is 0 Å². The molecule has 1 spiro atoms. The first kappa shape index (κ1) is 17.3. The molecule has 4 amide bonds. The standard InChI is InChI=1S/C21H21N3O3/c1-14-6-2-3-8-16(14)12-22-18(25)13-24-19(26)21(23-20(24)27)11-10-15-7-4-5-9-17(15)21/h2-9H,10-13H2,1H3,(H,22,25)(H,23,27). The summed E-state index contributed by atoms with van der Waals surface area (Å²) in [7, 11) is 0. The number of hydrogen-bond donors (Lipinski definition) is 2. The zero-order valence-corrected chi connectivity index (χ0v) is 15.1. The van der Waals surface area contributed by atoms with Crippen LogP contribution in [0.4, 0.5) is 4.79 Å². The van der Waals surface area contributed by atoms with Crippen LogP contribution in [0.2, 0.25) is 0 Å². The maximum atomic E-state index is 13.0. The van der Waals surface area contributed by atoms with Gasteiger partial charge >= 0.3 is 6.03 Å². The Morgan fingerprint density at radius 3 is 2.70 bits per heavy atom. The molecule has 0 aromatic heterocycles. The molecule has 1 aliphatic carbocycles. The SMILES string of the molecule is Cc1ccccc1CNC(=O)CN1C(=O)NC2(CCc3ccccc32)C1=O. The van der Waals surface area contributed by atoms with Crippen molar-refractivity contribution in [2.75, 3.05) is 6.54 Å². The molecule has 6 heteroatoms. The van der Waals surface area contributed by atoms with E-state index in [9.17, 15) is 14.4 Å². The molecule has 1 unspecified atom stereocenters. The monoisotopic (exact) mass is 363 g/mol. The number of rotatable bonds is 4. The first-order chi connectivity index (χ1) is 13.0. The van der Waals surface area contributed by atoms with Crippen molar-refractivity contribution in [3.63, 3.8) is 0 Å². The summed E-state index contributed by atoms with van der Waals surface area (Å²) in [5.41, 5.74) is 2.96. The fourth-order valence-electron chi connectivity index (χ4n) is 3.93. The number of hydrogen-bond acceptors (Lipinski definition) is 3. The van der Waals surface area contributed by atoms with Crippen molar-refractivity contribution < 1.29 is 14.4 Å². The fraction of sp³-hybridized carbons (Fsp3) is 0.286. The Morgan fingerprint density at radius 2 is 1.89 bits per heavy atom. The highest BCUT2D eigenvalue weighted by molar-refractivity contribution is 6.09. The molecule has 6 nitrogen and oxygen atoms in total. The summed E-state index contributed by atoms with van der Waals surface area (Å²) in [4.78, 5) is 38.8. The fourth-order valence-corrected chi connectivity index (χ4v) is 3.93. The molecule has 27 heavy (non-hydrogen) atoms. The van der Waals surface area contributed by atoms with Gasteiger partial charge in [-0.05, 0) is 42.0 Å². The summed E-state index contributed by atoms with van der Waals surface area (Å²) in [5, 5.41) is 5.62. The van der Waals surface area contributed by atoms with E-state index >= 15 is 0 Å². The van der Waals surface area contributed by atoms with E-state index in [-0.39, 0.29) is 18.4 Å². The van der Waals surface area contributed by atoms with Crippen molar-refractivity contribution in [1.29, 1.82) is 0 Å². The van der Waals surface area contributed by atoms with Gasteiger partial charge in [-0.25, -0.2) is 4.79 Å². The van der Waals surface area contributed by atoms with Gasteiger partial charge in [0.2, 0.25) is 5.91 Å².